The van der Waals surface area contributed by atoms with E-state index < -0.39 is 0 Å². The van der Waals surface area contributed by atoms with Gasteiger partial charge in [-0.3, -0.25) is 4.90 Å². The number of guanidine groups is 1. The van der Waals surface area contributed by atoms with Gasteiger partial charge in [0.2, 0.25) is 0 Å². The van der Waals surface area contributed by atoms with Crippen molar-refractivity contribution in [3.63, 3.8) is 0 Å². The second kappa shape index (κ2) is 10.4. The molecule has 0 radical (unpaired) electrons. The maximum atomic E-state index is 5.95. The molecule has 1 aromatic carbocycles. The van der Waals surface area contributed by atoms with E-state index in [4.69, 9.17) is 5.73 Å². The third kappa shape index (κ3) is 6.77. The molecular weight excluding hydrogens is 423 g/mol. The zero-order chi connectivity index (χ0) is 16.8. The van der Waals surface area contributed by atoms with Gasteiger partial charge in [0.15, 0.2) is 5.96 Å². The summed E-state index contributed by atoms with van der Waals surface area (Å²) in [4.78, 5) is 7.03. The van der Waals surface area contributed by atoms with Crippen molar-refractivity contribution in [1.29, 1.82) is 0 Å². The van der Waals surface area contributed by atoms with Crippen molar-refractivity contribution in [3.8, 4) is 0 Å². The van der Waals surface area contributed by atoms with Crippen LogP contribution in [0.5, 0.6) is 0 Å². The van der Waals surface area contributed by atoms with Crippen LogP contribution in [0.3, 0.4) is 0 Å². The largest absolute Gasteiger partial charge is 0.370 e. The molecule has 2 fully saturated rings. The molecule has 1 atom stereocenters. The molecule has 3 rings (SSSR count). The Kier molecular flexibility index (Phi) is 8.49. The highest BCUT2D eigenvalue weighted by atomic mass is 127. The predicted molar refractivity (Wildman–Crippen MR) is 116 cm³/mol. The van der Waals surface area contributed by atoms with Crippen LogP contribution in [0.2, 0.25) is 0 Å². The fraction of sp³-hybridized carbons (Fsp3) is 0.650. The third-order valence-corrected chi connectivity index (χ3v) is 5.40. The van der Waals surface area contributed by atoms with Crippen LogP contribution in [0.15, 0.2) is 29.3 Å². The number of piperidine rings is 1. The van der Waals surface area contributed by atoms with E-state index in [1.807, 2.05) is 0 Å². The molecule has 1 aliphatic heterocycles. The van der Waals surface area contributed by atoms with E-state index in [1.165, 1.54) is 56.3 Å². The number of aliphatic imine (C=N–C) groups is 1. The number of nitrogens with one attached hydrogen (secondary N) is 1. The molecule has 1 heterocycles. The SMILES string of the molecule is CC1CCCN(Cc2ccc(CN=C(N)NCC3CCC3)cc2)C1.I. The van der Waals surface area contributed by atoms with Crippen LogP contribution in [-0.4, -0.2) is 30.5 Å². The first kappa shape index (κ1) is 20.5. The Bertz CT molecular complexity index is 539. The average Bonchev–Trinajstić information content (AvgIpc) is 2.53. The van der Waals surface area contributed by atoms with Crippen LogP contribution in [0.1, 0.15) is 50.2 Å². The zero-order valence-corrected chi connectivity index (χ0v) is 17.7. The van der Waals surface area contributed by atoms with Gasteiger partial charge in [0.05, 0.1) is 6.54 Å². The van der Waals surface area contributed by atoms with Gasteiger partial charge in [-0.25, -0.2) is 4.99 Å². The molecule has 1 saturated carbocycles. The fourth-order valence-corrected chi connectivity index (χ4v) is 3.62. The number of benzene rings is 1. The molecule has 5 heteroatoms. The lowest BCUT2D eigenvalue weighted by Gasteiger charge is -2.30. The van der Waals surface area contributed by atoms with Crippen LogP contribution in [0.4, 0.5) is 0 Å². The smallest absolute Gasteiger partial charge is 0.188 e. The van der Waals surface area contributed by atoms with Crippen molar-refractivity contribution in [2.24, 2.45) is 22.6 Å². The predicted octanol–water partition coefficient (Wildman–Crippen LogP) is 3.74. The van der Waals surface area contributed by atoms with Crippen molar-refractivity contribution in [1.82, 2.24) is 10.2 Å². The molecule has 1 aliphatic carbocycles. The molecule has 2 aliphatic rings. The van der Waals surface area contributed by atoms with Gasteiger partial charge >= 0.3 is 0 Å². The van der Waals surface area contributed by atoms with Gasteiger partial charge in [0, 0.05) is 19.6 Å². The molecule has 3 N–H and O–H groups in total. The molecule has 4 nitrogen and oxygen atoms in total. The minimum absolute atomic E-state index is 0. The highest BCUT2D eigenvalue weighted by Gasteiger charge is 2.17. The molecule has 25 heavy (non-hydrogen) atoms. The monoisotopic (exact) mass is 456 g/mol. The van der Waals surface area contributed by atoms with Crippen molar-refractivity contribution < 1.29 is 0 Å². The Morgan fingerprint density at radius 1 is 1.16 bits per heavy atom. The van der Waals surface area contributed by atoms with Crippen molar-refractivity contribution >= 4 is 29.9 Å². The van der Waals surface area contributed by atoms with E-state index in [0.717, 1.165) is 24.9 Å². The van der Waals surface area contributed by atoms with Crippen molar-refractivity contribution in [2.45, 2.75) is 52.1 Å². The second-order valence-electron chi connectivity index (χ2n) is 7.68. The van der Waals surface area contributed by atoms with Gasteiger partial charge in [-0.05, 0) is 55.2 Å². The third-order valence-electron chi connectivity index (χ3n) is 5.40. The Hall–Kier alpha value is -0.820. The summed E-state index contributed by atoms with van der Waals surface area (Å²) in [5.41, 5.74) is 8.57. The maximum absolute atomic E-state index is 5.95. The summed E-state index contributed by atoms with van der Waals surface area (Å²) in [7, 11) is 0. The Labute approximate surface area is 169 Å². The molecule has 0 bridgehead atoms. The Balaban J connectivity index is 0.00000225. The van der Waals surface area contributed by atoms with E-state index in [0.29, 0.717) is 12.5 Å². The van der Waals surface area contributed by atoms with Crippen LogP contribution in [0.25, 0.3) is 0 Å². The zero-order valence-electron chi connectivity index (χ0n) is 15.4. The number of hydrogen-bond donors (Lipinski definition) is 2. The lowest BCUT2D eigenvalue weighted by Crippen LogP contribution is -2.37. The number of halogens is 1. The summed E-state index contributed by atoms with van der Waals surface area (Å²) in [5.74, 6) is 2.21. The second-order valence-corrected chi connectivity index (χ2v) is 7.68. The van der Waals surface area contributed by atoms with E-state index in [1.54, 1.807) is 0 Å². The molecule has 0 amide bonds. The molecule has 1 aromatic rings. The van der Waals surface area contributed by atoms with Gasteiger partial charge in [-0.2, -0.15) is 0 Å². The minimum Gasteiger partial charge on any atom is -0.370 e. The molecule has 1 saturated heterocycles. The summed E-state index contributed by atoms with van der Waals surface area (Å²) >= 11 is 0. The Morgan fingerprint density at radius 2 is 1.88 bits per heavy atom. The summed E-state index contributed by atoms with van der Waals surface area (Å²) in [5, 5.41) is 3.25. The normalized spacial score (nSPS) is 22.1. The van der Waals surface area contributed by atoms with Crippen molar-refractivity contribution in [2.75, 3.05) is 19.6 Å². The quantitative estimate of drug-likeness (QED) is 0.390. The standard InChI is InChI=1S/C20H32N4.HI/c1-16-4-3-11-24(14-16)15-19-9-7-18(8-10-19)13-23-20(21)22-12-17-5-2-6-17;/h7-10,16-17H,2-6,11-15H2,1H3,(H3,21,22,23);1H. The summed E-state index contributed by atoms with van der Waals surface area (Å²) in [6, 6.07) is 8.85. The number of hydrogen-bond acceptors (Lipinski definition) is 2. The molecule has 140 valence electrons. The van der Waals surface area contributed by atoms with Gasteiger partial charge < -0.3 is 11.1 Å². The van der Waals surface area contributed by atoms with Crippen LogP contribution >= 0.6 is 24.0 Å². The maximum Gasteiger partial charge on any atom is 0.188 e. The highest BCUT2D eigenvalue weighted by Crippen LogP contribution is 2.25. The van der Waals surface area contributed by atoms with Crippen LogP contribution in [-0.2, 0) is 13.1 Å². The van der Waals surface area contributed by atoms with Crippen LogP contribution < -0.4 is 11.1 Å². The first-order valence-corrected chi connectivity index (χ1v) is 9.53. The molecule has 0 aromatic heterocycles. The molecule has 1 unspecified atom stereocenters. The van der Waals surface area contributed by atoms with Crippen molar-refractivity contribution in [3.05, 3.63) is 35.4 Å². The lowest BCUT2D eigenvalue weighted by atomic mass is 9.85. The number of nitrogens with zero attached hydrogens (tertiary/aromatic N) is 2. The minimum atomic E-state index is 0. The topological polar surface area (TPSA) is 53.6 Å². The fourth-order valence-electron chi connectivity index (χ4n) is 3.62. The summed E-state index contributed by atoms with van der Waals surface area (Å²) < 4.78 is 0. The highest BCUT2D eigenvalue weighted by molar-refractivity contribution is 14.0. The first-order chi connectivity index (χ1) is 11.7. The van der Waals surface area contributed by atoms with E-state index in [9.17, 15) is 0 Å². The molecule has 0 spiro atoms. The number of rotatable bonds is 6. The molecular formula is C20H33IN4. The van der Waals surface area contributed by atoms with Gasteiger partial charge in [-0.15, -0.1) is 24.0 Å². The van der Waals surface area contributed by atoms with Gasteiger partial charge in [0.1, 0.15) is 0 Å². The van der Waals surface area contributed by atoms with E-state index in [-0.39, 0.29) is 24.0 Å². The van der Waals surface area contributed by atoms with E-state index in [2.05, 4.69) is 46.4 Å². The number of likely N-dealkylation sites (tertiary alicyclic amines) is 1. The van der Waals surface area contributed by atoms with Gasteiger partial charge in [-0.1, -0.05) is 37.6 Å². The summed E-state index contributed by atoms with van der Waals surface area (Å²) in [6.45, 7) is 7.53. The van der Waals surface area contributed by atoms with Gasteiger partial charge in [0.25, 0.3) is 0 Å². The first-order valence-electron chi connectivity index (χ1n) is 9.53. The lowest BCUT2D eigenvalue weighted by molar-refractivity contribution is 0.176. The Morgan fingerprint density at radius 3 is 2.52 bits per heavy atom. The number of nitrogens with two attached hydrogens (primary N) is 1. The average molecular weight is 456 g/mol. The van der Waals surface area contributed by atoms with Crippen LogP contribution in [0, 0.1) is 11.8 Å². The summed E-state index contributed by atoms with van der Waals surface area (Å²) in [6.07, 6.45) is 6.74. The van der Waals surface area contributed by atoms with E-state index >= 15 is 0 Å².